The zero-order chi connectivity index (χ0) is 16.8. The van der Waals surface area contributed by atoms with Crippen LogP contribution in [0.15, 0.2) is 48.5 Å². The molecule has 1 amide bonds. The van der Waals surface area contributed by atoms with E-state index in [1.54, 1.807) is 0 Å². The molecule has 2 aromatic rings. The van der Waals surface area contributed by atoms with Gasteiger partial charge in [-0.15, -0.1) is 0 Å². The number of aryl methyl sites for hydroxylation is 2. The summed E-state index contributed by atoms with van der Waals surface area (Å²) in [6, 6.07) is 15.3. The molecule has 2 N–H and O–H groups in total. The molecule has 1 atom stereocenters. The Labute approximate surface area is 136 Å². The standard InChI is InChI=1S/C19H21NO3/c1-13-8-9-14(2)17(10-13)20-19(23)16(12-18(21)22)11-15-6-4-3-5-7-15/h3-10,16H,11-12H2,1-2H3,(H,20,23)(H,21,22)/t16-/m1/s1. The zero-order valence-corrected chi connectivity index (χ0v) is 13.4. The monoisotopic (exact) mass is 311 g/mol. The molecule has 23 heavy (non-hydrogen) atoms. The van der Waals surface area contributed by atoms with E-state index < -0.39 is 11.9 Å². The van der Waals surface area contributed by atoms with Crippen molar-refractivity contribution in [3.8, 4) is 0 Å². The lowest BCUT2D eigenvalue weighted by molar-refractivity contribution is -0.140. The summed E-state index contributed by atoms with van der Waals surface area (Å²) in [4.78, 5) is 23.6. The number of rotatable bonds is 6. The molecule has 0 aliphatic heterocycles. The number of anilines is 1. The molecule has 0 saturated carbocycles. The predicted molar refractivity (Wildman–Crippen MR) is 90.4 cm³/mol. The first-order valence-electron chi connectivity index (χ1n) is 7.59. The average molecular weight is 311 g/mol. The molecular weight excluding hydrogens is 290 g/mol. The number of carboxylic acids is 1. The number of hydrogen-bond donors (Lipinski definition) is 2. The number of hydrogen-bond acceptors (Lipinski definition) is 2. The molecule has 4 heteroatoms. The van der Waals surface area contributed by atoms with Crippen LogP contribution < -0.4 is 5.32 Å². The number of carbonyl (C=O) groups is 2. The van der Waals surface area contributed by atoms with Gasteiger partial charge in [0.1, 0.15) is 0 Å². The number of benzene rings is 2. The molecule has 0 fully saturated rings. The smallest absolute Gasteiger partial charge is 0.304 e. The summed E-state index contributed by atoms with van der Waals surface area (Å²) in [6.45, 7) is 3.87. The number of carboxylic acid groups (broad SMARTS) is 1. The summed E-state index contributed by atoms with van der Waals surface area (Å²) in [7, 11) is 0. The van der Waals surface area contributed by atoms with Crippen LogP contribution in [0.25, 0.3) is 0 Å². The molecular formula is C19H21NO3. The fourth-order valence-electron chi connectivity index (χ4n) is 2.47. The molecule has 0 radical (unpaired) electrons. The van der Waals surface area contributed by atoms with Crippen LogP contribution in [0.2, 0.25) is 0 Å². The van der Waals surface area contributed by atoms with Crippen LogP contribution in [-0.2, 0) is 16.0 Å². The van der Waals surface area contributed by atoms with Gasteiger partial charge in [-0.3, -0.25) is 9.59 Å². The third kappa shape index (κ3) is 4.95. The van der Waals surface area contributed by atoms with E-state index in [0.717, 1.165) is 22.4 Å². The summed E-state index contributed by atoms with van der Waals surface area (Å²) in [6.07, 6.45) is 0.218. The van der Waals surface area contributed by atoms with Crippen LogP contribution in [0.1, 0.15) is 23.1 Å². The van der Waals surface area contributed by atoms with Crippen molar-refractivity contribution < 1.29 is 14.7 Å². The third-order valence-corrected chi connectivity index (χ3v) is 3.77. The Morgan fingerprint density at radius 1 is 1.09 bits per heavy atom. The van der Waals surface area contributed by atoms with Crippen molar-refractivity contribution in [2.45, 2.75) is 26.7 Å². The zero-order valence-electron chi connectivity index (χ0n) is 13.4. The molecule has 2 rings (SSSR count). The van der Waals surface area contributed by atoms with E-state index in [2.05, 4.69) is 5.32 Å². The van der Waals surface area contributed by atoms with E-state index in [9.17, 15) is 9.59 Å². The van der Waals surface area contributed by atoms with E-state index in [1.807, 2.05) is 62.4 Å². The van der Waals surface area contributed by atoms with E-state index in [0.29, 0.717) is 6.42 Å². The molecule has 120 valence electrons. The highest BCUT2D eigenvalue weighted by Gasteiger charge is 2.22. The van der Waals surface area contributed by atoms with Gasteiger partial charge in [-0.1, -0.05) is 42.5 Å². The average Bonchev–Trinajstić information content (AvgIpc) is 2.51. The highest BCUT2D eigenvalue weighted by molar-refractivity contribution is 5.95. The Balaban J connectivity index is 2.16. The molecule has 0 aliphatic rings. The lowest BCUT2D eigenvalue weighted by atomic mass is 9.95. The summed E-state index contributed by atoms with van der Waals surface area (Å²) in [5.74, 6) is -1.83. The van der Waals surface area contributed by atoms with Gasteiger partial charge in [0, 0.05) is 5.69 Å². The Hall–Kier alpha value is -2.62. The minimum Gasteiger partial charge on any atom is -0.481 e. The summed E-state index contributed by atoms with van der Waals surface area (Å²) < 4.78 is 0. The quantitative estimate of drug-likeness (QED) is 0.857. The minimum absolute atomic E-state index is 0.189. The Morgan fingerprint density at radius 3 is 2.43 bits per heavy atom. The maximum Gasteiger partial charge on any atom is 0.304 e. The second kappa shape index (κ2) is 7.58. The fraction of sp³-hybridized carbons (Fsp3) is 0.263. The largest absolute Gasteiger partial charge is 0.481 e. The number of carbonyl (C=O) groups excluding carboxylic acids is 1. The van der Waals surface area contributed by atoms with Crippen molar-refractivity contribution in [1.82, 2.24) is 0 Å². The Morgan fingerprint density at radius 2 is 1.78 bits per heavy atom. The molecule has 0 saturated heterocycles. The van der Waals surface area contributed by atoms with Gasteiger partial charge < -0.3 is 10.4 Å². The van der Waals surface area contributed by atoms with Gasteiger partial charge in [0.15, 0.2) is 0 Å². The van der Waals surface area contributed by atoms with Crippen LogP contribution >= 0.6 is 0 Å². The van der Waals surface area contributed by atoms with Crippen molar-refractivity contribution in [1.29, 1.82) is 0 Å². The predicted octanol–water partition coefficient (Wildman–Crippen LogP) is 3.58. The number of aliphatic carboxylic acids is 1. The second-order valence-electron chi connectivity index (χ2n) is 5.79. The first kappa shape index (κ1) is 16.7. The maximum atomic E-state index is 12.5. The molecule has 0 bridgehead atoms. The van der Waals surface area contributed by atoms with Crippen molar-refractivity contribution in [3.05, 3.63) is 65.2 Å². The van der Waals surface area contributed by atoms with Gasteiger partial charge in [0.05, 0.1) is 12.3 Å². The van der Waals surface area contributed by atoms with Crippen molar-refractivity contribution in [2.24, 2.45) is 5.92 Å². The molecule has 0 aromatic heterocycles. The van der Waals surface area contributed by atoms with Gasteiger partial charge >= 0.3 is 5.97 Å². The van der Waals surface area contributed by atoms with Crippen molar-refractivity contribution in [2.75, 3.05) is 5.32 Å². The molecule has 4 nitrogen and oxygen atoms in total. The first-order chi connectivity index (χ1) is 11.0. The van der Waals surface area contributed by atoms with Crippen LogP contribution in [0.3, 0.4) is 0 Å². The van der Waals surface area contributed by atoms with Crippen LogP contribution in [0.4, 0.5) is 5.69 Å². The summed E-state index contributed by atoms with van der Waals surface area (Å²) in [5, 5.41) is 12.0. The highest BCUT2D eigenvalue weighted by atomic mass is 16.4. The molecule has 0 heterocycles. The van der Waals surface area contributed by atoms with Crippen molar-refractivity contribution in [3.63, 3.8) is 0 Å². The van der Waals surface area contributed by atoms with Gasteiger partial charge in [-0.2, -0.15) is 0 Å². The van der Waals surface area contributed by atoms with E-state index >= 15 is 0 Å². The molecule has 0 spiro atoms. The lowest BCUT2D eigenvalue weighted by Crippen LogP contribution is -2.27. The second-order valence-corrected chi connectivity index (χ2v) is 5.79. The maximum absolute atomic E-state index is 12.5. The SMILES string of the molecule is Cc1ccc(C)c(NC(=O)[C@@H](CC(=O)O)Cc2ccccc2)c1. The first-order valence-corrected chi connectivity index (χ1v) is 7.59. The van der Waals surface area contributed by atoms with Crippen LogP contribution in [0, 0.1) is 19.8 Å². The van der Waals surface area contributed by atoms with Crippen LogP contribution in [0.5, 0.6) is 0 Å². The number of amides is 1. The number of nitrogens with one attached hydrogen (secondary N) is 1. The van der Waals surface area contributed by atoms with Gasteiger partial charge in [-0.25, -0.2) is 0 Å². The lowest BCUT2D eigenvalue weighted by Gasteiger charge is -2.16. The molecule has 2 aromatic carbocycles. The van der Waals surface area contributed by atoms with Crippen molar-refractivity contribution >= 4 is 17.6 Å². The van der Waals surface area contributed by atoms with Gasteiger partial charge in [0.2, 0.25) is 5.91 Å². The summed E-state index contributed by atoms with van der Waals surface area (Å²) >= 11 is 0. The topological polar surface area (TPSA) is 66.4 Å². The minimum atomic E-state index is -0.970. The van der Waals surface area contributed by atoms with E-state index in [4.69, 9.17) is 5.11 Å². The van der Waals surface area contributed by atoms with Gasteiger partial charge in [0.25, 0.3) is 0 Å². The third-order valence-electron chi connectivity index (χ3n) is 3.77. The highest BCUT2D eigenvalue weighted by Crippen LogP contribution is 2.20. The molecule has 0 aliphatic carbocycles. The fourth-order valence-corrected chi connectivity index (χ4v) is 2.47. The normalized spacial score (nSPS) is 11.7. The van der Waals surface area contributed by atoms with Crippen LogP contribution in [-0.4, -0.2) is 17.0 Å². The Bertz CT molecular complexity index is 695. The Kier molecular flexibility index (Phi) is 5.52. The van der Waals surface area contributed by atoms with E-state index in [1.165, 1.54) is 0 Å². The van der Waals surface area contributed by atoms with Gasteiger partial charge in [-0.05, 0) is 43.0 Å². The molecule has 0 unspecified atom stereocenters. The summed E-state index contributed by atoms with van der Waals surface area (Å²) in [5.41, 5.74) is 3.69. The van der Waals surface area contributed by atoms with E-state index in [-0.39, 0.29) is 12.3 Å².